The van der Waals surface area contributed by atoms with E-state index in [1.807, 2.05) is 12.1 Å². The average molecular weight is 411 g/mol. The van der Waals surface area contributed by atoms with Crippen LogP contribution in [-0.2, 0) is 5.41 Å². The van der Waals surface area contributed by atoms with Crippen molar-refractivity contribution in [3.8, 4) is 17.2 Å². The van der Waals surface area contributed by atoms with Crippen molar-refractivity contribution in [3.05, 3.63) is 59.2 Å². The second-order valence-corrected chi connectivity index (χ2v) is 8.26. The Balaban J connectivity index is 2.41. The third-order valence-corrected chi connectivity index (χ3v) is 4.63. The Bertz CT molecular complexity index is 858. The van der Waals surface area contributed by atoms with Crippen LogP contribution in [0.4, 0.5) is 0 Å². The second kappa shape index (κ2) is 10.9. The molecule has 4 heteroatoms. The molecule has 0 aliphatic heterocycles. The zero-order chi connectivity index (χ0) is 22.1. The molecule has 0 radical (unpaired) electrons. The van der Waals surface area contributed by atoms with Crippen LogP contribution in [0, 0.1) is 0 Å². The van der Waals surface area contributed by atoms with E-state index in [4.69, 9.17) is 14.2 Å². The maximum atomic E-state index is 12.6. The molecule has 4 nitrogen and oxygen atoms in total. The summed E-state index contributed by atoms with van der Waals surface area (Å²) in [5.41, 5.74) is 2.48. The largest absolute Gasteiger partial charge is 0.497 e. The van der Waals surface area contributed by atoms with E-state index in [1.165, 1.54) is 0 Å². The Morgan fingerprint density at radius 1 is 0.933 bits per heavy atom. The third kappa shape index (κ3) is 6.38. The highest BCUT2D eigenvalue weighted by molar-refractivity contribution is 6.07. The van der Waals surface area contributed by atoms with E-state index in [2.05, 4.69) is 40.7 Å². The fourth-order valence-electron chi connectivity index (χ4n) is 2.98. The van der Waals surface area contributed by atoms with Crippen molar-refractivity contribution in [1.29, 1.82) is 0 Å². The molecule has 2 aromatic carbocycles. The Kier molecular flexibility index (Phi) is 8.52. The van der Waals surface area contributed by atoms with Crippen LogP contribution in [0.3, 0.4) is 0 Å². The number of methoxy groups -OCH3 is 1. The number of allylic oxidation sites excluding steroid dienone is 1. The van der Waals surface area contributed by atoms with Crippen molar-refractivity contribution in [2.24, 2.45) is 0 Å². The van der Waals surface area contributed by atoms with Gasteiger partial charge in [-0.1, -0.05) is 34.6 Å². The van der Waals surface area contributed by atoms with Gasteiger partial charge >= 0.3 is 0 Å². The summed E-state index contributed by atoms with van der Waals surface area (Å²) in [5.74, 6) is 2.23. The average Bonchev–Trinajstić information content (AvgIpc) is 2.74. The van der Waals surface area contributed by atoms with E-state index < -0.39 is 0 Å². The summed E-state index contributed by atoms with van der Waals surface area (Å²) in [5, 5.41) is 0. The number of hydrogen-bond acceptors (Lipinski definition) is 4. The van der Waals surface area contributed by atoms with Gasteiger partial charge in [-0.2, -0.15) is 0 Å². The first kappa shape index (κ1) is 23.5. The van der Waals surface area contributed by atoms with Gasteiger partial charge in [-0.3, -0.25) is 4.79 Å². The van der Waals surface area contributed by atoms with Gasteiger partial charge in [-0.05, 0) is 60.7 Å². The first-order chi connectivity index (χ1) is 14.3. The van der Waals surface area contributed by atoms with Gasteiger partial charge in [-0.25, -0.2) is 0 Å². The number of hydrogen-bond donors (Lipinski definition) is 0. The van der Waals surface area contributed by atoms with Crippen LogP contribution in [-0.4, -0.2) is 26.1 Å². The van der Waals surface area contributed by atoms with Crippen LogP contribution in [0.15, 0.2) is 42.5 Å². The number of rotatable bonds is 10. The molecule has 2 aromatic rings. The summed E-state index contributed by atoms with van der Waals surface area (Å²) in [4.78, 5) is 12.6. The summed E-state index contributed by atoms with van der Waals surface area (Å²) in [6, 6.07) is 11.1. The van der Waals surface area contributed by atoms with Gasteiger partial charge < -0.3 is 14.2 Å². The van der Waals surface area contributed by atoms with Crippen molar-refractivity contribution in [2.75, 3.05) is 20.3 Å². The van der Waals surface area contributed by atoms with E-state index in [1.54, 1.807) is 37.5 Å². The Morgan fingerprint density at radius 3 is 2.07 bits per heavy atom. The number of ketones is 1. The minimum atomic E-state index is -0.102. The quantitative estimate of drug-likeness (QED) is 0.333. The molecule has 0 unspecified atom stereocenters. The van der Waals surface area contributed by atoms with Gasteiger partial charge in [0.2, 0.25) is 0 Å². The first-order valence-corrected chi connectivity index (χ1v) is 10.6. The van der Waals surface area contributed by atoms with Gasteiger partial charge in [-0.15, -0.1) is 0 Å². The number of ether oxygens (including phenoxy) is 3. The van der Waals surface area contributed by atoms with Gasteiger partial charge in [0.1, 0.15) is 17.2 Å². The molecule has 0 spiro atoms. The molecule has 2 rings (SSSR count). The summed E-state index contributed by atoms with van der Waals surface area (Å²) in [6.45, 7) is 11.9. The maximum absolute atomic E-state index is 12.6. The zero-order valence-electron chi connectivity index (χ0n) is 19.1. The van der Waals surface area contributed by atoms with Crippen molar-refractivity contribution in [3.63, 3.8) is 0 Å². The lowest BCUT2D eigenvalue weighted by molar-refractivity contribution is 0.104. The standard InChI is InChI=1S/C26H34O4/c1-7-15-29-24-18-25(30-16-8-2)22(26(3,4)5)17-20(24)11-14-23(27)19-9-12-21(28-6)13-10-19/h9-14,17-18H,7-8,15-16H2,1-6H3/b14-11+. The predicted molar refractivity (Wildman–Crippen MR) is 123 cm³/mol. The van der Waals surface area contributed by atoms with Crippen molar-refractivity contribution in [1.82, 2.24) is 0 Å². The molecule has 0 N–H and O–H groups in total. The highest BCUT2D eigenvalue weighted by atomic mass is 16.5. The van der Waals surface area contributed by atoms with Crippen molar-refractivity contribution in [2.45, 2.75) is 52.9 Å². The number of carbonyl (C=O) groups excluding carboxylic acids is 1. The van der Waals surface area contributed by atoms with Crippen LogP contribution >= 0.6 is 0 Å². The maximum Gasteiger partial charge on any atom is 0.185 e. The van der Waals surface area contributed by atoms with Crippen LogP contribution in [0.2, 0.25) is 0 Å². The normalized spacial score (nSPS) is 11.5. The van der Waals surface area contributed by atoms with Crippen LogP contribution in [0.1, 0.15) is 68.9 Å². The number of carbonyl (C=O) groups is 1. The third-order valence-electron chi connectivity index (χ3n) is 4.63. The Labute approximate surface area is 180 Å². The fourth-order valence-corrected chi connectivity index (χ4v) is 2.98. The molecule has 0 saturated carbocycles. The SMILES string of the molecule is CCCOc1cc(OCCC)c(C(C)(C)C)cc1/C=C/C(=O)c1ccc(OC)cc1. The lowest BCUT2D eigenvalue weighted by Crippen LogP contribution is -2.15. The smallest absolute Gasteiger partial charge is 0.185 e. The lowest BCUT2D eigenvalue weighted by Gasteiger charge is -2.25. The van der Waals surface area contributed by atoms with E-state index in [0.29, 0.717) is 18.8 Å². The molecule has 0 fully saturated rings. The predicted octanol–water partition coefficient (Wildman–Crippen LogP) is 6.47. The number of benzene rings is 2. The highest BCUT2D eigenvalue weighted by Crippen LogP contribution is 2.37. The second-order valence-electron chi connectivity index (χ2n) is 8.26. The van der Waals surface area contributed by atoms with Gasteiger partial charge in [0, 0.05) is 22.8 Å². The minimum Gasteiger partial charge on any atom is -0.497 e. The molecule has 0 aliphatic carbocycles. The summed E-state index contributed by atoms with van der Waals surface area (Å²) in [6.07, 6.45) is 5.26. The van der Waals surface area contributed by atoms with Crippen LogP contribution in [0.5, 0.6) is 17.2 Å². The Hall–Kier alpha value is -2.75. The van der Waals surface area contributed by atoms with Crippen molar-refractivity contribution < 1.29 is 19.0 Å². The molecule has 0 heterocycles. The van der Waals surface area contributed by atoms with Crippen LogP contribution in [0.25, 0.3) is 6.08 Å². The highest BCUT2D eigenvalue weighted by Gasteiger charge is 2.22. The molecule has 0 atom stereocenters. The topological polar surface area (TPSA) is 44.8 Å². The summed E-state index contributed by atoms with van der Waals surface area (Å²) >= 11 is 0. The van der Waals surface area contributed by atoms with Crippen molar-refractivity contribution >= 4 is 11.9 Å². The van der Waals surface area contributed by atoms with Gasteiger partial charge in [0.25, 0.3) is 0 Å². The summed E-state index contributed by atoms with van der Waals surface area (Å²) < 4.78 is 17.2. The monoisotopic (exact) mass is 410 g/mol. The van der Waals surface area contributed by atoms with E-state index in [9.17, 15) is 4.79 Å². The first-order valence-electron chi connectivity index (χ1n) is 10.6. The molecule has 0 amide bonds. The van der Waals surface area contributed by atoms with Gasteiger partial charge in [0.15, 0.2) is 5.78 Å². The molecular formula is C26H34O4. The lowest BCUT2D eigenvalue weighted by atomic mass is 9.85. The van der Waals surface area contributed by atoms with Crippen LogP contribution < -0.4 is 14.2 Å². The van der Waals surface area contributed by atoms with Gasteiger partial charge in [0.05, 0.1) is 20.3 Å². The Morgan fingerprint density at radius 2 is 1.53 bits per heavy atom. The van der Waals surface area contributed by atoms with E-state index in [-0.39, 0.29) is 11.2 Å². The fraction of sp³-hybridized carbons (Fsp3) is 0.423. The zero-order valence-corrected chi connectivity index (χ0v) is 19.1. The molecule has 162 valence electrons. The molecular weight excluding hydrogens is 376 g/mol. The molecule has 0 aromatic heterocycles. The molecule has 0 aliphatic rings. The van der Waals surface area contributed by atoms with E-state index in [0.717, 1.165) is 41.2 Å². The minimum absolute atomic E-state index is 0.0669. The molecule has 30 heavy (non-hydrogen) atoms. The molecule has 0 saturated heterocycles. The summed E-state index contributed by atoms with van der Waals surface area (Å²) in [7, 11) is 1.61. The van der Waals surface area contributed by atoms with E-state index >= 15 is 0 Å². The molecule has 0 bridgehead atoms.